The van der Waals surface area contributed by atoms with Gasteiger partial charge in [0.1, 0.15) is 7.11 Å². The molecule has 1 heterocycles. The topological polar surface area (TPSA) is 17.1 Å². The van der Waals surface area contributed by atoms with E-state index in [1.54, 1.807) is 0 Å². The van der Waals surface area contributed by atoms with Crippen LogP contribution >= 0.6 is 0 Å². The molecule has 0 aromatic heterocycles. The fourth-order valence-electron chi connectivity index (χ4n) is 8.92. The van der Waals surface area contributed by atoms with Crippen molar-refractivity contribution in [2.45, 2.75) is 124 Å². The maximum atomic E-state index is 16.1. The average molecular weight is 615 g/mol. The predicted octanol–water partition coefficient (Wildman–Crippen LogP) is 11.5. The van der Waals surface area contributed by atoms with E-state index >= 15 is 4.79 Å². The van der Waals surface area contributed by atoms with Gasteiger partial charge in [0.05, 0.1) is 20.2 Å². The van der Waals surface area contributed by atoms with Crippen molar-refractivity contribution in [1.82, 2.24) is 0 Å². The lowest BCUT2D eigenvalue weighted by molar-refractivity contribution is -0.114. The summed E-state index contributed by atoms with van der Waals surface area (Å²) >= 11 is 0. The highest BCUT2D eigenvalue weighted by atomic mass is 29.6. The Bertz CT molecular complexity index is 1390. The number of ketones is 1. The largest absolute Gasteiger partial charge is 0.293 e. The highest BCUT2D eigenvalue weighted by molar-refractivity contribution is 7.78. The van der Waals surface area contributed by atoms with E-state index in [1.165, 1.54) is 21.9 Å². The van der Waals surface area contributed by atoms with E-state index in [0.29, 0.717) is 5.78 Å². The quantitative estimate of drug-likeness (QED) is 0.247. The van der Waals surface area contributed by atoms with Gasteiger partial charge >= 0.3 is 0 Å². The molecule has 0 saturated carbocycles. The van der Waals surface area contributed by atoms with Gasteiger partial charge in [0.15, 0.2) is 5.78 Å². The van der Waals surface area contributed by atoms with Crippen molar-refractivity contribution in [3.05, 3.63) is 82.9 Å². The van der Waals surface area contributed by atoms with E-state index in [4.69, 9.17) is 0 Å². The monoisotopic (exact) mass is 614 g/mol. The summed E-state index contributed by atoms with van der Waals surface area (Å²) in [7, 11) is -7.29. The molecule has 0 fully saturated rings. The molecule has 1 aliphatic carbocycles. The summed E-state index contributed by atoms with van der Waals surface area (Å²) in [5.74, 6) is 0.434. The number of carbonyl (C=O) groups is 1. The van der Waals surface area contributed by atoms with Crippen LogP contribution in [0.25, 0.3) is 10.8 Å². The lowest BCUT2D eigenvalue weighted by atomic mass is 9.85. The van der Waals surface area contributed by atoms with Gasteiger partial charge in [0.2, 0.25) is 0 Å². The summed E-state index contributed by atoms with van der Waals surface area (Å²) in [6, 6.07) is 22.0. The third-order valence-corrected chi connectivity index (χ3v) is 57.1. The third kappa shape index (κ3) is 4.14. The SMILES string of the molecule is CC(C)(C)C1=C(C(C)(C)C)C12C(=O)C(c1ccccc1)=C(c1ccccc1)[Si]2([Si](C)(C)C(C)(C)C)[Si](C)(C)C(C)(C)C. The summed E-state index contributed by atoms with van der Waals surface area (Å²) < 4.78 is 0. The van der Waals surface area contributed by atoms with Gasteiger partial charge < -0.3 is 0 Å². The molecule has 1 spiro atoms. The first-order chi connectivity index (χ1) is 18.9. The van der Waals surface area contributed by atoms with E-state index in [-0.39, 0.29) is 20.9 Å². The molecular formula is C38H58OSi3. The number of benzene rings is 2. The van der Waals surface area contributed by atoms with Gasteiger partial charge in [-0.05, 0) is 48.4 Å². The van der Waals surface area contributed by atoms with E-state index in [1.807, 2.05) is 0 Å². The predicted molar refractivity (Wildman–Crippen MR) is 193 cm³/mol. The normalized spacial score (nSPS) is 19.7. The maximum Gasteiger partial charge on any atom is 0.174 e. The Kier molecular flexibility index (Phi) is 7.59. The maximum absolute atomic E-state index is 16.1. The molecule has 0 radical (unpaired) electrons. The average Bonchev–Trinajstić information content (AvgIpc) is 3.50. The number of hydrogen-bond donors (Lipinski definition) is 0. The molecule has 0 unspecified atom stereocenters. The van der Waals surface area contributed by atoms with E-state index in [0.717, 1.165) is 11.1 Å². The number of hydrogen-bond acceptors (Lipinski definition) is 1. The van der Waals surface area contributed by atoms with Crippen molar-refractivity contribution in [3.63, 3.8) is 0 Å². The summed E-state index contributed by atoms with van der Waals surface area (Å²) in [6.07, 6.45) is 0. The molecule has 4 rings (SSSR count). The molecule has 228 valence electrons. The molecule has 0 amide bonds. The Labute approximate surface area is 260 Å². The Morgan fingerprint density at radius 3 is 1.19 bits per heavy atom. The lowest BCUT2D eigenvalue weighted by Gasteiger charge is -2.64. The van der Waals surface area contributed by atoms with E-state index in [9.17, 15) is 0 Å². The molecule has 2 aliphatic rings. The zero-order valence-corrected chi connectivity index (χ0v) is 32.7. The third-order valence-electron chi connectivity index (χ3n) is 11.9. The molecule has 2 aromatic carbocycles. The minimum Gasteiger partial charge on any atom is -0.293 e. The highest BCUT2D eigenvalue weighted by Crippen LogP contribution is 2.85. The van der Waals surface area contributed by atoms with Crippen molar-refractivity contribution < 1.29 is 4.79 Å². The van der Waals surface area contributed by atoms with Gasteiger partial charge in [-0.2, -0.15) is 0 Å². The van der Waals surface area contributed by atoms with Crippen LogP contribution in [-0.4, -0.2) is 28.1 Å². The number of allylic oxidation sites excluding steroid dienone is 3. The Hall–Kier alpha value is -1.76. The van der Waals surface area contributed by atoms with Gasteiger partial charge in [0.25, 0.3) is 0 Å². The van der Waals surface area contributed by atoms with Crippen LogP contribution in [0, 0.1) is 10.8 Å². The molecule has 42 heavy (non-hydrogen) atoms. The van der Waals surface area contributed by atoms with Crippen LogP contribution in [0.4, 0.5) is 0 Å². The van der Waals surface area contributed by atoms with Gasteiger partial charge in [0, 0.05) is 5.57 Å². The summed E-state index contributed by atoms with van der Waals surface area (Å²) in [5.41, 5.74) is 6.27. The van der Waals surface area contributed by atoms with E-state index < -0.39 is 27.3 Å². The standard InChI is InChI=1S/C38H58OSi3/c1-34(2,3)31-32(35(4,5)6)38(31)33(39)29(27-23-19-17-20-24-27)30(28-25-21-18-22-26-28)42(38,40(13,14)36(7,8)9)41(15,16)37(10,11)12/h17-26H,1-16H3. The summed E-state index contributed by atoms with van der Waals surface area (Å²) in [6.45, 7) is 40.2. The zero-order valence-electron chi connectivity index (χ0n) is 29.7. The summed E-state index contributed by atoms with van der Waals surface area (Å²) in [5, 5.41) is 1.26. The van der Waals surface area contributed by atoms with Crippen LogP contribution < -0.4 is 0 Å². The lowest BCUT2D eigenvalue weighted by Crippen LogP contribution is -2.82. The molecule has 0 saturated heterocycles. The van der Waals surface area contributed by atoms with Gasteiger partial charge in [-0.15, -0.1) is 0 Å². The molecule has 0 atom stereocenters. The number of rotatable bonds is 4. The minimum absolute atomic E-state index is 0.0881. The fraction of sp³-hybridized carbons (Fsp3) is 0.553. The second kappa shape index (κ2) is 9.62. The van der Waals surface area contributed by atoms with Crippen molar-refractivity contribution >= 4 is 38.8 Å². The highest BCUT2D eigenvalue weighted by Gasteiger charge is 2.87. The van der Waals surface area contributed by atoms with Gasteiger partial charge in [-0.25, -0.2) is 0 Å². The van der Waals surface area contributed by atoms with Crippen LogP contribution in [0.1, 0.15) is 94.2 Å². The van der Waals surface area contributed by atoms with Crippen LogP contribution in [-0.2, 0) is 4.79 Å². The summed E-state index contributed by atoms with van der Waals surface area (Å²) in [4.78, 5) is 16.1. The van der Waals surface area contributed by atoms with Crippen molar-refractivity contribution in [1.29, 1.82) is 0 Å². The number of carbonyl (C=O) groups excluding carboxylic acids is 1. The smallest absolute Gasteiger partial charge is 0.174 e. The first kappa shape index (κ1) is 33.1. The Morgan fingerprint density at radius 2 is 0.881 bits per heavy atom. The van der Waals surface area contributed by atoms with Crippen LogP contribution in [0.3, 0.4) is 0 Å². The van der Waals surface area contributed by atoms with Gasteiger partial charge in [-0.3, -0.25) is 4.79 Å². The second-order valence-corrected chi connectivity index (χ2v) is 44.1. The molecule has 1 nitrogen and oxygen atoms in total. The first-order valence-electron chi connectivity index (χ1n) is 16.0. The first-order valence-corrected chi connectivity index (χ1v) is 26.0. The Morgan fingerprint density at radius 1 is 0.548 bits per heavy atom. The minimum atomic E-state index is -2.77. The number of Topliss-reactive ketones (excluding diaryl/α,β-unsaturated/α-hetero) is 1. The second-order valence-electron chi connectivity index (χ2n) is 18.3. The molecule has 1 aliphatic heterocycles. The zero-order chi connectivity index (χ0) is 32.1. The van der Waals surface area contributed by atoms with E-state index in [2.05, 4.69) is 170 Å². The fourth-order valence-corrected chi connectivity index (χ4v) is 65.0. The van der Waals surface area contributed by atoms with Crippen LogP contribution in [0.2, 0.25) is 41.3 Å². The molecule has 0 bridgehead atoms. The van der Waals surface area contributed by atoms with Crippen molar-refractivity contribution in [2.75, 3.05) is 0 Å². The van der Waals surface area contributed by atoms with Crippen molar-refractivity contribution in [3.8, 4) is 0 Å². The molecule has 0 N–H and O–H groups in total. The molecule has 4 heteroatoms. The molecular weight excluding hydrogens is 557 g/mol. The molecule has 2 aromatic rings. The van der Waals surface area contributed by atoms with Crippen LogP contribution in [0.15, 0.2) is 71.8 Å². The van der Waals surface area contributed by atoms with Gasteiger partial charge in [-0.1, -0.05) is 170 Å². The van der Waals surface area contributed by atoms with Crippen molar-refractivity contribution in [2.24, 2.45) is 10.8 Å². The Balaban J connectivity index is 2.44. The van der Waals surface area contributed by atoms with Crippen LogP contribution in [0.5, 0.6) is 0 Å².